The average Bonchev–Trinajstić information content (AvgIpc) is 2.96. The summed E-state index contributed by atoms with van der Waals surface area (Å²) in [4.78, 5) is 0.480. The van der Waals surface area contributed by atoms with Crippen molar-refractivity contribution in [3.63, 3.8) is 0 Å². The monoisotopic (exact) mass is 343 g/mol. The molecule has 1 fully saturated rings. The number of nitrogens with zero attached hydrogens (tertiary/aromatic N) is 1. The molecule has 0 spiro atoms. The molecule has 2 aromatic carbocycles. The molecule has 0 aromatic heterocycles. The fraction of sp³-hybridized carbons (Fsp3) is 0.400. The first-order valence-corrected chi connectivity index (χ1v) is 9.91. The lowest BCUT2D eigenvalue weighted by Gasteiger charge is -2.27. The van der Waals surface area contributed by atoms with Crippen molar-refractivity contribution >= 4 is 10.0 Å². The standard InChI is InChI=1S/C20H25NO2S/c1-14-12-16(3)20(17(4)13-14)24(22,23)21-11-7-10-19(21)18-9-6-5-8-15(18)2/h5-6,8-9,12-13,19H,7,10-11H2,1-4H3. The van der Waals surface area contributed by atoms with Crippen LogP contribution in [0.5, 0.6) is 0 Å². The van der Waals surface area contributed by atoms with Crippen LogP contribution in [0.25, 0.3) is 0 Å². The van der Waals surface area contributed by atoms with E-state index in [2.05, 4.69) is 19.1 Å². The van der Waals surface area contributed by atoms with Gasteiger partial charge < -0.3 is 0 Å². The van der Waals surface area contributed by atoms with Gasteiger partial charge in [0.1, 0.15) is 0 Å². The fourth-order valence-electron chi connectivity index (χ4n) is 3.99. The van der Waals surface area contributed by atoms with Crippen molar-refractivity contribution in [2.45, 2.75) is 51.5 Å². The minimum Gasteiger partial charge on any atom is -0.207 e. The zero-order valence-corrected chi connectivity index (χ0v) is 15.7. The minimum atomic E-state index is -3.50. The number of rotatable bonds is 3. The summed E-state index contributed by atoms with van der Waals surface area (Å²) in [5, 5.41) is 0. The van der Waals surface area contributed by atoms with E-state index in [1.807, 2.05) is 45.0 Å². The van der Waals surface area contributed by atoms with Gasteiger partial charge in [-0.3, -0.25) is 0 Å². The van der Waals surface area contributed by atoms with Crippen LogP contribution in [0.4, 0.5) is 0 Å². The third-order valence-corrected chi connectivity index (χ3v) is 7.14. The van der Waals surface area contributed by atoms with Crippen LogP contribution >= 0.6 is 0 Å². The van der Waals surface area contributed by atoms with E-state index >= 15 is 0 Å². The van der Waals surface area contributed by atoms with Crippen LogP contribution in [-0.4, -0.2) is 19.3 Å². The number of benzene rings is 2. The third kappa shape index (κ3) is 2.89. The first-order chi connectivity index (χ1) is 11.3. The summed E-state index contributed by atoms with van der Waals surface area (Å²) in [6.07, 6.45) is 1.79. The van der Waals surface area contributed by atoms with E-state index in [0.29, 0.717) is 11.4 Å². The van der Waals surface area contributed by atoms with E-state index in [1.54, 1.807) is 4.31 Å². The minimum absolute atomic E-state index is 0.0590. The van der Waals surface area contributed by atoms with Gasteiger partial charge in [-0.15, -0.1) is 0 Å². The predicted molar refractivity (Wildman–Crippen MR) is 97.7 cm³/mol. The van der Waals surface area contributed by atoms with Gasteiger partial charge in [-0.2, -0.15) is 4.31 Å². The summed E-state index contributed by atoms with van der Waals surface area (Å²) in [6.45, 7) is 8.44. The molecule has 0 amide bonds. The van der Waals surface area contributed by atoms with Crippen molar-refractivity contribution in [2.75, 3.05) is 6.54 Å². The topological polar surface area (TPSA) is 37.4 Å². The van der Waals surface area contributed by atoms with E-state index in [9.17, 15) is 8.42 Å². The smallest absolute Gasteiger partial charge is 0.207 e. The van der Waals surface area contributed by atoms with Crippen molar-refractivity contribution in [1.82, 2.24) is 4.31 Å². The second kappa shape index (κ2) is 6.34. The Morgan fingerprint density at radius 2 is 1.58 bits per heavy atom. The Kier molecular flexibility index (Phi) is 4.54. The maximum absolute atomic E-state index is 13.4. The normalized spacial score (nSPS) is 18.9. The molecule has 4 heteroatoms. The molecule has 128 valence electrons. The molecule has 2 aromatic rings. The van der Waals surface area contributed by atoms with E-state index in [0.717, 1.165) is 40.7 Å². The first-order valence-electron chi connectivity index (χ1n) is 8.47. The summed E-state index contributed by atoms with van der Waals surface area (Å²) in [5.74, 6) is 0. The molecule has 3 nitrogen and oxygen atoms in total. The lowest BCUT2D eigenvalue weighted by molar-refractivity contribution is 0.395. The van der Waals surface area contributed by atoms with Gasteiger partial charge in [0.05, 0.1) is 10.9 Å². The average molecular weight is 343 g/mol. The number of sulfonamides is 1. The molecule has 0 N–H and O–H groups in total. The predicted octanol–water partition coefficient (Wildman–Crippen LogP) is 4.45. The van der Waals surface area contributed by atoms with Gasteiger partial charge in [0.15, 0.2) is 0 Å². The highest BCUT2D eigenvalue weighted by Gasteiger charge is 2.38. The van der Waals surface area contributed by atoms with E-state index in [1.165, 1.54) is 0 Å². The Morgan fingerprint density at radius 1 is 0.958 bits per heavy atom. The summed E-state index contributed by atoms with van der Waals surface area (Å²) in [6, 6.07) is 12.0. The Hall–Kier alpha value is -1.65. The van der Waals surface area contributed by atoms with Gasteiger partial charge >= 0.3 is 0 Å². The molecule has 0 aliphatic carbocycles. The number of hydrogen-bond donors (Lipinski definition) is 0. The Balaban J connectivity index is 2.09. The number of hydrogen-bond acceptors (Lipinski definition) is 2. The zero-order chi connectivity index (χ0) is 17.5. The van der Waals surface area contributed by atoms with Crippen molar-refractivity contribution in [3.8, 4) is 0 Å². The van der Waals surface area contributed by atoms with Gasteiger partial charge in [-0.1, -0.05) is 42.0 Å². The van der Waals surface area contributed by atoms with Crippen molar-refractivity contribution in [2.24, 2.45) is 0 Å². The van der Waals surface area contributed by atoms with Crippen LogP contribution in [-0.2, 0) is 10.0 Å². The van der Waals surface area contributed by atoms with Crippen molar-refractivity contribution in [1.29, 1.82) is 0 Å². The Labute approximate surface area is 145 Å². The van der Waals surface area contributed by atoms with Crippen molar-refractivity contribution in [3.05, 3.63) is 64.2 Å². The van der Waals surface area contributed by atoms with Crippen LogP contribution in [0.2, 0.25) is 0 Å². The first kappa shape index (κ1) is 17.2. The van der Waals surface area contributed by atoms with Crippen LogP contribution in [0, 0.1) is 27.7 Å². The highest BCUT2D eigenvalue weighted by atomic mass is 32.2. The second-order valence-corrected chi connectivity index (χ2v) is 8.69. The van der Waals surface area contributed by atoms with Crippen LogP contribution in [0.15, 0.2) is 41.3 Å². The lowest BCUT2D eigenvalue weighted by atomic mass is 10.0. The highest BCUT2D eigenvalue weighted by Crippen LogP contribution is 2.39. The molecule has 1 heterocycles. The molecule has 0 bridgehead atoms. The van der Waals surface area contributed by atoms with Crippen LogP contribution < -0.4 is 0 Å². The zero-order valence-electron chi connectivity index (χ0n) is 14.8. The fourth-order valence-corrected chi connectivity index (χ4v) is 6.08. The molecule has 1 saturated heterocycles. The third-order valence-electron chi connectivity index (χ3n) is 4.92. The molecule has 1 aliphatic rings. The van der Waals surface area contributed by atoms with E-state index < -0.39 is 10.0 Å². The van der Waals surface area contributed by atoms with Gasteiger partial charge in [0.25, 0.3) is 0 Å². The van der Waals surface area contributed by atoms with Crippen molar-refractivity contribution < 1.29 is 8.42 Å². The molecular formula is C20H25NO2S. The van der Waals surface area contributed by atoms with Gasteiger partial charge in [-0.05, 0) is 62.8 Å². The molecule has 3 rings (SSSR count). The summed E-state index contributed by atoms with van der Waals surface area (Å²) < 4.78 is 28.5. The largest absolute Gasteiger partial charge is 0.244 e. The Morgan fingerprint density at radius 3 is 2.21 bits per heavy atom. The molecule has 0 radical (unpaired) electrons. The SMILES string of the molecule is Cc1cc(C)c(S(=O)(=O)N2CCCC2c2ccccc2C)c(C)c1. The highest BCUT2D eigenvalue weighted by molar-refractivity contribution is 7.89. The van der Waals surface area contributed by atoms with Crippen LogP contribution in [0.1, 0.15) is 46.7 Å². The van der Waals surface area contributed by atoms with E-state index in [4.69, 9.17) is 0 Å². The summed E-state index contributed by atoms with van der Waals surface area (Å²) in [5.41, 5.74) is 5.05. The molecule has 1 unspecified atom stereocenters. The molecule has 24 heavy (non-hydrogen) atoms. The summed E-state index contributed by atoms with van der Waals surface area (Å²) >= 11 is 0. The van der Waals surface area contributed by atoms with Gasteiger partial charge in [0, 0.05) is 6.54 Å². The molecule has 1 aliphatic heterocycles. The second-order valence-electron chi connectivity index (χ2n) is 6.86. The molecule has 1 atom stereocenters. The van der Waals surface area contributed by atoms with E-state index in [-0.39, 0.29) is 6.04 Å². The van der Waals surface area contributed by atoms with Gasteiger partial charge in [0.2, 0.25) is 10.0 Å². The lowest BCUT2D eigenvalue weighted by Crippen LogP contribution is -2.32. The van der Waals surface area contributed by atoms with Gasteiger partial charge in [-0.25, -0.2) is 8.42 Å². The number of aryl methyl sites for hydroxylation is 4. The molecular weight excluding hydrogens is 318 g/mol. The Bertz CT molecular complexity index is 848. The summed E-state index contributed by atoms with van der Waals surface area (Å²) in [7, 11) is -3.50. The maximum Gasteiger partial charge on any atom is 0.244 e. The quantitative estimate of drug-likeness (QED) is 0.826. The van der Waals surface area contributed by atoms with Crippen LogP contribution in [0.3, 0.4) is 0 Å². The molecule has 0 saturated carbocycles. The maximum atomic E-state index is 13.4.